The summed E-state index contributed by atoms with van der Waals surface area (Å²) >= 11 is 0. The molecule has 1 aromatic carbocycles. The van der Waals surface area contributed by atoms with Gasteiger partial charge in [-0.3, -0.25) is 14.5 Å². The van der Waals surface area contributed by atoms with E-state index in [1.807, 2.05) is 37.2 Å². The van der Waals surface area contributed by atoms with Gasteiger partial charge in [0.2, 0.25) is 0 Å². The van der Waals surface area contributed by atoms with E-state index in [1.165, 1.54) is 0 Å². The number of hydrogen-bond donors (Lipinski definition) is 0. The fraction of sp³-hybridized carbons (Fsp3) is 0.211. The van der Waals surface area contributed by atoms with Crippen molar-refractivity contribution in [3.63, 3.8) is 0 Å². The molecular weight excluding hydrogens is 300 g/mol. The van der Waals surface area contributed by atoms with E-state index in [4.69, 9.17) is 0 Å². The summed E-state index contributed by atoms with van der Waals surface area (Å²) in [5.74, 6) is 0.0735. The molecule has 1 aliphatic heterocycles. The lowest BCUT2D eigenvalue weighted by Crippen LogP contribution is -2.23. The summed E-state index contributed by atoms with van der Waals surface area (Å²) in [5.41, 5.74) is 5.79. The average molecular weight is 318 g/mol. The number of amides is 1. The van der Waals surface area contributed by atoms with Gasteiger partial charge in [-0.2, -0.15) is 5.10 Å². The molecule has 1 aliphatic rings. The highest BCUT2D eigenvalue weighted by atomic mass is 16.2. The van der Waals surface area contributed by atoms with Crippen LogP contribution in [-0.2, 0) is 20.1 Å². The minimum absolute atomic E-state index is 0.0735. The van der Waals surface area contributed by atoms with Crippen LogP contribution in [0.2, 0.25) is 0 Å². The SMILES string of the molecule is Cc1nccc2c1C(=O)N(Cc1ccc(-c3ccn(C)n3)cc1)C2. The van der Waals surface area contributed by atoms with Crippen molar-refractivity contribution < 1.29 is 4.79 Å². The first-order valence-electron chi connectivity index (χ1n) is 7.94. The second-order valence-corrected chi connectivity index (χ2v) is 6.16. The summed E-state index contributed by atoms with van der Waals surface area (Å²) in [6, 6.07) is 12.2. The van der Waals surface area contributed by atoms with Gasteiger partial charge in [0.1, 0.15) is 0 Å². The number of aromatic nitrogens is 3. The van der Waals surface area contributed by atoms with E-state index in [-0.39, 0.29) is 5.91 Å². The zero-order valence-corrected chi connectivity index (χ0v) is 13.7. The fourth-order valence-electron chi connectivity index (χ4n) is 3.18. The van der Waals surface area contributed by atoms with Crippen molar-refractivity contribution in [1.29, 1.82) is 0 Å². The first-order chi connectivity index (χ1) is 11.6. The number of hydrogen-bond acceptors (Lipinski definition) is 3. The number of carbonyl (C=O) groups excluding carboxylic acids is 1. The van der Waals surface area contributed by atoms with Crippen molar-refractivity contribution in [1.82, 2.24) is 19.7 Å². The Kier molecular flexibility index (Phi) is 3.41. The van der Waals surface area contributed by atoms with Gasteiger partial charge in [0.05, 0.1) is 17.0 Å². The zero-order chi connectivity index (χ0) is 16.7. The molecular formula is C19H18N4O. The molecule has 0 saturated heterocycles. The molecule has 24 heavy (non-hydrogen) atoms. The molecule has 0 aliphatic carbocycles. The number of pyridine rings is 1. The number of nitrogens with zero attached hydrogens (tertiary/aromatic N) is 4. The Morgan fingerprint density at radius 3 is 2.58 bits per heavy atom. The quantitative estimate of drug-likeness (QED) is 0.746. The number of aryl methyl sites for hydroxylation is 2. The molecule has 0 saturated carbocycles. The maximum atomic E-state index is 12.6. The van der Waals surface area contributed by atoms with Gasteiger partial charge in [0, 0.05) is 38.1 Å². The first-order valence-corrected chi connectivity index (χ1v) is 7.94. The molecule has 0 bridgehead atoms. The number of rotatable bonds is 3. The summed E-state index contributed by atoms with van der Waals surface area (Å²) in [6.45, 7) is 3.15. The largest absolute Gasteiger partial charge is 0.330 e. The van der Waals surface area contributed by atoms with Gasteiger partial charge in [-0.1, -0.05) is 24.3 Å². The predicted octanol–water partition coefficient (Wildman–Crippen LogP) is 2.95. The summed E-state index contributed by atoms with van der Waals surface area (Å²) in [6.07, 6.45) is 3.70. The third kappa shape index (κ3) is 2.48. The fourth-order valence-corrected chi connectivity index (χ4v) is 3.18. The highest BCUT2D eigenvalue weighted by molar-refractivity contribution is 5.99. The zero-order valence-electron chi connectivity index (χ0n) is 13.7. The van der Waals surface area contributed by atoms with Crippen LogP contribution in [0.3, 0.4) is 0 Å². The third-order valence-electron chi connectivity index (χ3n) is 4.43. The van der Waals surface area contributed by atoms with Gasteiger partial charge < -0.3 is 4.90 Å². The smallest absolute Gasteiger partial charge is 0.256 e. The van der Waals surface area contributed by atoms with Crippen LogP contribution >= 0.6 is 0 Å². The van der Waals surface area contributed by atoms with Crippen molar-refractivity contribution in [2.24, 2.45) is 7.05 Å². The maximum absolute atomic E-state index is 12.6. The van der Waals surface area contributed by atoms with Crippen LogP contribution in [0.15, 0.2) is 48.8 Å². The molecule has 3 heterocycles. The molecule has 0 spiro atoms. The van der Waals surface area contributed by atoms with Crippen molar-refractivity contribution in [2.75, 3.05) is 0 Å². The molecule has 1 amide bonds. The van der Waals surface area contributed by atoms with Crippen molar-refractivity contribution in [3.8, 4) is 11.3 Å². The van der Waals surface area contributed by atoms with Gasteiger partial charge in [-0.05, 0) is 30.2 Å². The molecule has 0 unspecified atom stereocenters. The molecule has 0 fully saturated rings. The molecule has 0 N–H and O–H groups in total. The minimum atomic E-state index is 0.0735. The second kappa shape index (κ2) is 5.60. The highest BCUT2D eigenvalue weighted by Gasteiger charge is 2.29. The van der Waals surface area contributed by atoms with E-state index in [0.29, 0.717) is 13.1 Å². The summed E-state index contributed by atoms with van der Waals surface area (Å²) in [5, 5.41) is 4.41. The standard InChI is InChI=1S/C19H18N4O/c1-13-18-16(7-9-20-13)12-23(19(18)24)11-14-3-5-15(6-4-14)17-8-10-22(2)21-17/h3-10H,11-12H2,1-2H3. The van der Waals surface area contributed by atoms with Crippen LogP contribution in [-0.4, -0.2) is 25.6 Å². The van der Waals surface area contributed by atoms with Crippen molar-refractivity contribution in [3.05, 3.63) is 71.2 Å². The average Bonchev–Trinajstić information content (AvgIpc) is 3.13. The van der Waals surface area contributed by atoms with Crippen LogP contribution in [0.25, 0.3) is 11.3 Å². The topological polar surface area (TPSA) is 51.0 Å². The van der Waals surface area contributed by atoms with E-state index in [1.54, 1.807) is 10.9 Å². The summed E-state index contributed by atoms with van der Waals surface area (Å²) in [7, 11) is 1.91. The Balaban J connectivity index is 1.53. The van der Waals surface area contributed by atoms with Crippen LogP contribution < -0.4 is 0 Å². The third-order valence-corrected chi connectivity index (χ3v) is 4.43. The van der Waals surface area contributed by atoms with Gasteiger partial charge >= 0.3 is 0 Å². The lowest BCUT2D eigenvalue weighted by molar-refractivity contribution is 0.0766. The number of fused-ring (bicyclic) bond motifs is 1. The Bertz CT molecular complexity index is 911. The molecule has 0 atom stereocenters. The van der Waals surface area contributed by atoms with E-state index in [2.05, 4.69) is 34.3 Å². The van der Waals surface area contributed by atoms with Crippen LogP contribution in [0.1, 0.15) is 27.2 Å². The number of benzene rings is 1. The number of carbonyl (C=O) groups is 1. The highest BCUT2D eigenvalue weighted by Crippen LogP contribution is 2.26. The van der Waals surface area contributed by atoms with E-state index < -0.39 is 0 Å². The molecule has 120 valence electrons. The Morgan fingerprint density at radius 2 is 1.92 bits per heavy atom. The molecule has 4 rings (SSSR count). The van der Waals surface area contributed by atoms with Gasteiger partial charge in [-0.15, -0.1) is 0 Å². The van der Waals surface area contributed by atoms with E-state index >= 15 is 0 Å². The Labute approximate surface area is 140 Å². The first kappa shape index (κ1) is 14.6. The van der Waals surface area contributed by atoms with Crippen molar-refractivity contribution >= 4 is 5.91 Å². The van der Waals surface area contributed by atoms with Gasteiger partial charge in [0.25, 0.3) is 5.91 Å². The molecule has 3 aromatic rings. The molecule has 5 nitrogen and oxygen atoms in total. The summed E-state index contributed by atoms with van der Waals surface area (Å²) in [4.78, 5) is 18.7. The second-order valence-electron chi connectivity index (χ2n) is 6.16. The van der Waals surface area contributed by atoms with Gasteiger partial charge in [-0.25, -0.2) is 0 Å². The maximum Gasteiger partial charge on any atom is 0.256 e. The molecule has 5 heteroatoms. The Morgan fingerprint density at radius 1 is 1.12 bits per heavy atom. The summed E-state index contributed by atoms with van der Waals surface area (Å²) < 4.78 is 1.79. The normalized spacial score (nSPS) is 13.4. The van der Waals surface area contributed by atoms with E-state index in [9.17, 15) is 4.79 Å². The minimum Gasteiger partial charge on any atom is -0.330 e. The Hall–Kier alpha value is -2.95. The molecule has 0 radical (unpaired) electrons. The van der Waals surface area contributed by atoms with Crippen LogP contribution in [0.5, 0.6) is 0 Å². The lowest BCUT2D eigenvalue weighted by atomic mass is 10.1. The lowest BCUT2D eigenvalue weighted by Gasteiger charge is -2.15. The van der Waals surface area contributed by atoms with Crippen LogP contribution in [0, 0.1) is 6.92 Å². The van der Waals surface area contributed by atoms with Crippen LogP contribution in [0.4, 0.5) is 0 Å². The van der Waals surface area contributed by atoms with Gasteiger partial charge in [0.15, 0.2) is 0 Å². The molecule has 2 aromatic heterocycles. The van der Waals surface area contributed by atoms with Crippen molar-refractivity contribution in [2.45, 2.75) is 20.0 Å². The monoisotopic (exact) mass is 318 g/mol. The van der Waals surface area contributed by atoms with E-state index in [0.717, 1.165) is 33.6 Å². The predicted molar refractivity (Wildman–Crippen MR) is 91.2 cm³/mol.